The highest BCUT2D eigenvalue weighted by Crippen LogP contribution is 2.24. The Morgan fingerprint density at radius 3 is 2.73 bits per heavy atom. The first-order valence-corrected chi connectivity index (χ1v) is 9.23. The zero-order valence-electron chi connectivity index (χ0n) is 14.2. The fourth-order valence-corrected chi connectivity index (χ4v) is 3.52. The van der Waals surface area contributed by atoms with E-state index in [1.807, 2.05) is 23.6 Å². The maximum Gasteiger partial charge on any atom is 0.225 e. The Kier molecular flexibility index (Phi) is 4.78. The molecule has 8 nitrogen and oxygen atoms in total. The van der Waals surface area contributed by atoms with Gasteiger partial charge < -0.3 is 20.0 Å². The molecule has 0 bridgehead atoms. The second kappa shape index (κ2) is 7.52. The van der Waals surface area contributed by atoms with Crippen LogP contribution in [0.5, 0.6) is 0 Å². The Morgan fingerprint density at radius 1 is 1.19 bits per heavy atom. The fourth-order valence-electron chi connectivity index (χ4n) is 2.75. The molecule has 0 aliphatic carbocycles. The summed E-state index contributed by atoms with van der Waals surface area (Å²) in [6.45, 7) is 3.69. The number of furan rings is 1. The van der Waals surface area contributed by atoms with Crippen molar-refractivity contribution in [1.82, 2.24) is 19.9 Å². The van der Waals surface area contributed by atoms with Gasteiger partial charge in [0, 0.05) is 44.0 Å². The molecule has 0 aromatic carbocycles. The number of guanidine groups is 1. The van der Waals surface area contributed by atoms with Crippen LogP contribution in [0.4, 0.5) is 5.95 Å². The van der Waals surface area contributed by atoms with E-state index in [2.05, 4.69) is 29.7 Å². The molecular weight excluding hydrogens is 350 g/mol. The third kappa shape index (κ3) is 3.67. The molecule has 9 heteroatoms. The molecule has 0 amide bonds. The first-order chi connectivity index (χ1) is 12.8. The van der Waals surface area contributed by atoms with Gasteiger partial charge in [-0.25, -0.2) is 19.9 Å². The van der Waals surface area contributed by atoms with Crippen LogP contribution in [0.1, 0.15) is 5.69 Å². The average molecular weight is 369 g/mol. The summed E-state index contributed by atoms with van der Waals surface area (Å²) in [5.74, 6) is 2.08. The van der Waals surface area contributed by atoms with Gasteiger partial charge in [-0.2, -0.15) is 0 Å². The molecule has 3 aromatic heterocycles. The van der Waals surface area contributed by atoms with Crippen molar-refractivity contribution in [1.29, 1.82) is 0 Å². The van der Waals surface area contributed by atoms with Crippen molar-refractivity contribution < 1.29 is 4.42 Å². The minimum atomic E-state index is 0.463. The molecule has 0 unspecified atom stereocenters. The summed E-state index contributed by atoms with van der Waals surface area (Å²) < 4.78 is 5.36. The third-order valence-corrected chi connectivity index (χ3v) is 5.03. The smallest absolute Gasteiger partial charge is 0.225 e. The molecule has 4 heterocycles. The lowest BCUT2D eigenvalue weighted by atomic mass is 10.3. The number of nitrogens with two attached hydrogens (primary N) is 1. The van der Waals surface area contributed by atoms with Crippen molar-refractivity contribution in [3.8, 4) is 10.8 Å². The fraction of sp³-hybridized carbons (Fsp3) is 0.294. The molecule has 26 heavy (non-hydrogen) atoms. The van der Waals surface area contributed by atoms with Crippen molar-refractivity contribution in [2.24, 2.45) is 10.7 Å². The molecule has 2 N–H and O–H groups in total. The minimum absolute atomic E-state index is 0.463. The number of aliphatic imine (C=N–C) groups is 1. The van der Waals surface area contributed by atoms with E-state index in [-0.39, 0.29) is 0 Å². The summed E-state index contributed by atoms with van der Waals surface area (Å²) in [5.41, 5.74) is 7.05. The van der Waals surface area contributed by atoms with Gasteiger partial charge in [-0.3, -0.25) is 0 Å². The predicted molar refractivity (Wildman–Crippen MR) is 101 cm³/mol. The molecule has 0 saturated carbocycles. The quantitative estimate of drug-likeness (QED) is 0.553. The van der Waals surface area contributed by atoms with E-state index in [1.54, 1.807) is 30.0 Å². The Labute approximate surface area is 155 Å². The molecule has 3 aromatic rings. The lowest BCUT2D eigenvalue weighted by Crippen LogP contribution is -2.51. The Balaban J connectivity index is 1.33. The standard InChI is InChI=1S/C17H19N7OS/c18-16(21-11-13-12-26-15(22-13)14-3-1-10-25-14)23-6-8-24(9-7-23)17-19-4-2-5-20-17/h1-5,10,12H,6-9,11H2,(H2,18,21). The van der Waals surface area contributed by atoms with Gasteiger partial charge in [0.2, 0.25) is 5.95 Å². The highest BCUT2D eigenvalue weighted by atomic mass is 32.1. The van der Waals surface area contributed by atoms with E-state index >= 15 is 0 Å². The van der Waals surface area contributed by atoms with Gasteiger partial charge in [-0.15, -0.1) is 11.3 Å². The summed E-state index contributed by atoms with van der Waals surface area (Å²) in [6, 6.07) is 5.57. The monoisotopic (exact) mass is 369 g/mol. The summed E-state index contributed by atoms with van der Waals surface area (Å²) in [6.07, 6.45) is 5.16. The van der Waals surface area contributed by atoms with E-state index in [1.165, 1.54) is 0 Å². The zero-order chi connectivity index (χ0) is 17.8. The van der Waals surface area contributed by atoms with E-state index in [4.69, 9.17) is 10.2 Å². The van der Waals surface area contributed by atoms with Crippen molar-refractivity contribution in [2.75, 3.05) is 31.1 Å². The third-order valence-electron chi connectivity index (χ3n) is 4.13. The van der Waals surface area contributed by atoms with Crippen LogP contribution in [0.3, 0.4) is 0 Å². The molecule has 1 fully saturated rings. The van der Waals surface area contributed by atoms with Crippen LogP contribution in [-0.4, -0.2) is 52.0 Å². The van der Waals surface area contributed by atoms with Crippen LogP contribution in [0, 0.1) is 0 Å². The van der Waals surface area contributed by atoms with Crippen molar-refractivity contribution in [3.05, 3.63) is 47.9 Å². The molecular formula is C17H19N7OS. The number of nitrogens with zero attached hydrogens (tertiary/aromatic N) is 6. The highest BCUT2D eigenvalue weighted by Gasteiger charge is 2.20. The van der Waals surface area contributed by atoms with Gasteiger partial charge in [0.15, 0.2) is 16.7 Å². The predicted octanol–water partition coefficient (Wildman–Crippen LogP) is 1.83. The Morgan fingerprint density at radius 2 is 2.00 bits per heavy atom. The maximum atomic E-state index is 6.17. The number of hydrogen-bond donors (Lipinski definition) is 1. The molecule has 1 saturated heterocycles. The van der Waals surface area contributed by atoms with Gasteiger partial charge in [-0.05, 0) is 18.2 Å². The first kappa shape index (κ1) is 16.5. The first-order valence-electron chi connectivity index (χ1n) is 8.35. The molecule has 0 spiro atoms. The number of piperazine rings is 1. The number of aromatic nitrogens is 3. The zero-order valence-corrected chi connectivity index (χ0v) is 15.0. The van der Waals surface area contributed by atoms with Gasteiger partial charge in [-0.1, -0.05) is 0 Å². The molecule has 0 radical (unpaired) electrons. The highest BCUT2D eigenvalue weighted by molar-refractivity contribution is 7.13. The summed E-state index contributed by atoms with van der Waals surface area (Å²) in [5, 5.41) is 2.84. The van der Waals surface area contributed by atoms with Crippen molar-refractivity contribution >= 4 is 23.2 Å². The second-order valence-electron chi connectivity index (χ2n) is 5.82. The number of thiazole rings is 1. The SMILES string of the molecule is NC(=NCc1csc(-c2ccco2)n1)N1CCN(c2ncccn2)CC1. The average Bonchev–Trinajstić information content (AvgIpc) is 3.38. The van der Waals surface area contributed by atoms with E-state index in [0.29, 0.717) is 12.5 Å². The molecule has 1 aliphatic heterocycles. The van der Waals surface area contributed by atoms with E-state index in [9.17, 15) is 0 Å². The maximum absolute atomic E-state index is 6.17. The lowest BCUT2D eigenvalue weighted by molar-refractivity contribution is 0.378. The van der Waals surface area contributed by atoms with E-state index in [0.717, 1.165) is 48.6 Å². The van der Waals surface area contributed by atoms with E-state index < -0.39 is 0 Å². The van der Waals surface area contributed by atoms with Crippen LogP contribution in [0.2, 0.25) is 0 Å². The van der Waals surface area contributed by atoms with Gasteiger partial charge in [0.1, 0.15) is 0 Å². The molecule has 4 rings (SSSR count). The van der Waals surface area contributed by atoms with Crippen LogP contribution < -0.4 is 10.6 Å². The van der Waals surface area contributed by atoms with Gasteiger partial charge in [0.05, 0.1) is 18.5 Å². The largest absolute Gasteiger partial charge is 0.462 e. The number of hydrogen-bond acceptors (Lipinski definition) is 7. The normalized spacial score (nSPS) is 15.5. The van der Waals surface area contributed by atoms with Crippen LogP contribution in [0.15, 0.2) is 51.6 Å². The topological polar surface area (TPSA) is 96.7 Å². The van der Waals surface area contributed by atoms with Gasteiger partial charge >= 0.3 is 0 Å². The number of anilines is 1. The summed E-state index contributed by atoms with van der Waals surface area (Å²) in [4.78, 5) is 21.9. The molecule has 134 valence electrons. The number of rotatable bonds is 4. The Hall–Kier alpha value is -2.94. The van der Waals surface area contributed by atoms with Crippen LogP contribution in [0.25, 0.3) is 10.8 Å². The second-order valence-corrected chi connectivity index (χ2v) is 6.68. The van der Waals surface area contributed by atoms with Gasteiger partial charge in [0.25, 0.3) is 0 Å². The van der Waals surface area contributed by atoms with Crippen LogP contribution in [-0.2, 0) is 6.54 Å². The lowest BCUT2D eigenvalue weighted by Gasteiger charge is -2.35. The van der Waals surface area contributed by atoms with Crippen LogP contribution >= 0.6 is 11.3 Å². The molecule has 0 atom stereocenters. The van der Waals surface area contributed by atoms with Crippen molar-refractivity contribution in [3.63, 3.8) is 0 Å². The Bertz CT molecular complexity index is 854. The summed E-state index contributed by atoms with van der Waals surface area (Å²) >= 11 is 1.54. The summed E-state index contributed by atoms with van der Waals surface area (Å²) in [7, 11) is 0. The minimum Gasteiger partial charge on any atom is -0.462 e. The van der Waals surface area contributed by atoms with Crippen molar-refractivity contribution in [2.45, 2.75) is 6.54 Å². The molecule has 1 aliphatic rings.